The molecule has 0 unspecified atom stereocenters. The van der Waals surface area contributed by atoms with Crippen LogP contribution in [0.3, 0.4) is 0 Å². The highest BCUT2D eigenvalue weighted by molar-refractivity contribution is 5.68. The topological polar surface area (TPSA) is 58.9 Å². The van der Waals surface area contributed by atoms with Gasteiger partial charge in [0.25, 0.3) is 0 Å². The van der Waals surface area contributed by atoms with Crippen molar-refractivity contribution in [1.82, 2.24) is 0 Å². The Labute approximate surface area is 85.7 Å². The number of nitrogens with zero attached hydrogens (tertiary/aromatic N) is 2. The lowest BCUT2D eigenvalue weighted by Gasteiger charge is -1.97. The second-order valence-electron chi connectivity index (χ2n) is 3.10. The van der Waals surface area contributed by atoms with Gasteiger partial charge in [-0.05, 0) is 29.3 Å². The van der Waals surface area contributed by atoms with Crippen molar-refractivity contribution in [3.8, 4) is 0 Å². The molecule has 0 aromatic heterocycles. The van der Waals surface area contributed by atoms with E-state index in [0.717, 1.165) is 11.1 Å². The summed E-state index contributed by atoms with van der Waals surface area (Å²) in [6.07, 6.45) is 5.39. The minimum Gasteiger partial charge on any atom is -0.211 e. The van der Waals surface area contributed by atoms with Crippen LogP contribution in [0.1, 0.15) is 11.1 Å². The van der Waals surface area contributed by atoms with Crippen LogP contribution in [0.5, 0.6) is 0 Å². The zero-order chi connectivity index (χ0) is 10.7. The monoisotopic (exact) mass is 198 g/mol. The van der Waals surface area contributed by atoms with Gasteiger partial charge in [-0.2, -0.15) is 9.98 Å². The van der Waals surface area contributed by atoms with Gasteiger partial charge in [0.1, 0.15) is 0 Å². The molecule has 2 rings (SSSR count). The molecule has 0 bridgehead atoms. The van der Waals surface area contributed by atoms with Crippen LogP contribution in [0.2, 0.25) is 0 Å². The maximum absolute atomic E-state index is 10.1. The van der Waals surface area contributed by atoms with E-state index in [1.807, 2.05) is 6.07 Å². The second-order valence-corrected chi connectivity index (χ2v) is 3.10. The molecule has 72 valence electrons. The first-order valence-corrected chi connectivity index (χ1v) is 4.33. The average molecular weight is 198 g/mol. The minimum atomic E-state index is 0.552. The molecule has 4 heteroatoms. The van der Waals surface area contributed by atoms with E-state index in [2.05, 4.69) is 9.98 Å². The van der Waals surface area contributed by atoms with E-state index < -0.39 is 0 Å². The van der Waals surface area contributed by atoms with Crippen LogP contribution in [0, 0.1) is 0 Å². The number of hydrogen-bond acceptors (Lipinski definition) is 4. The number of fused-ring (bicyclic) bond motifs is 1. The predicted octanol–water partition coefficient (Wildman–Crippen LogP) is 1.89. The Hall–Kier alpha value is -2.28. The highest BCUT2D eigenvalue weighted by Crippen LogP contribution is 2.28. The summed E-state index contributed by atoms with van der Waals surface area (Å²) in [5.74, 6) is 0. The molecule has 4 nitrogen and oxygen atoms in total. The molecule has 0 spiro atoms. The van der Waals surface area contributed by atoms with Crippen molar-refractivity contribution in [3.05, 3.63) is 35.0 Å². The highest BCUT2D eigenvalue weighted by Gasteiger charge is 2.12. The molecule has 1 aromatic rings. The molecule has 15 heavy (non-hydrogen) atoms. The molecule has 0 fully saturated rings. The molecular weight excluding hydrogens is 192 g/mol. The van der Waals surface area contributed by atoms with E-state index in [-0.39, 0.29) is 0 Å². The molecule has 0 saturated carbocycles. The van der Waals surface area contributed by atoms with Gasteiger partial charge in [0.2, 0.25) is 12.2 Å². The fourth-order valence-electron chi connectivity index (χ4n) is 1.56. The van der Waals surface area contributed by atoms with Gasteiger partial charge >= 0.3 is 0 Å². The van der Waals surface area contributed by atoms with Gasteiger partial charge in [-0.25, -0.2) is 9.59 Å². The Morgan fingerprint density at radius 3 is 2.67 bits per heavy atom. The molecule has 1 aliphatic rings. The van der Waals surface area contributed by atoms with Crippen LogP contribution in [0.25, 0.3) is 6.08 Å². The van der Waals surface area contributed by atoms with Crippen molar-refractivity contribution in [1.29, 1.82) is 0 Å². The van der Waals surface area contributed by atoms with Crippen molar-refractivity contribution in [2.24, 2.45) is 9.98 Å². The summed E-state index contributed by atoms with van der Waals surface area (Å²) in [5.41, 5.74) is 3.22. The highest BCUT2D eigenvalue weighted by atomic mass is 16.1. The zero-order valence-electron chi connectivity index (χ0n) is 7.73. The minimum absolute atomic E-state index is 0.552. The number of benzene rings is 1. The third kappa shape index (κ3) is 1.81. The van der Waals surface area contributed by atoms with Gasteiger partial charge in [0, 0.05) is 6.42 Å². The Morgan fingerprint density at radius 2 is 1.93 bits per heavy atom. The van der Waals surface area contributed by atoms with Gasteiger partial charge in [0.15, 0.2) is 0 Å². The summed E-state index contributed by atoms with van der Waals surface area (Å²) in [6, 6.07) is 5.34. The van der Waals surface area contributed by atoms with E-state index in [0.29, 0.717) is 17.8 Å². The lowest BCUT2D eigenvalue weighted by molar-refractivity contribution is 0.564. The molecule has 0 amide bonds. The molecule has 0 atom stereocenters. The summed E-state index contributed by atoms with van der Waals surface area (Å²) >= 11 is 0. The van der Waals surface area contributed by atoms with Crippen LogP contribution in [0.15, 0.2) is 33.9 Å². The summed E-state index contributed by atoms with van der Waals surface area (Å²) in [7, 11) is 0. The van der Waals surface area contributed by atoms with E-state index in [1.54, 1.807) is 18.2 Å². The van der Waals surface area contributed by atoms with Crippen molar-refractivity contribution >= 4 is 23.9 Å². The lowest BCUT2D eigenvalue weighted by atomic mass is 10.1. The van der Waals surface area contributed by atoms with E-state index in [9.17, 15) is 9.59 Å². The van der Waals surface area contributed by atoms with Gasteiger partial charge in [-0.1, -0.05) is 6.07 Å². The summed E-state index contributed by atoms with van der Waals surface area (Å²) in [6.45, 7) is 0. The quantitative estimate of drug-likeness (QED) is 0.538. The molecule has 0 heterocycles. The maximum Gasteiger partial charge on any atom is 0.240 e. The fourth-order valence-corrected chi connectivity index (χ4v) is 1.56. The van der Waals surface area contributed by atoms with E-state index in [1.165, 1.54) is 12.2 Å². The van der Waals surface area contributed by atoms with Crippen molar-refractivity contribution < 1.29 is 9.59 Å². The van der Waals surface area contributed by atoms with Crippen molar-refractivity contribution in [2.75, 3.05) is 0 Å². The number of carbonyl (C=O) groups excluding carboxylic acids is 2. The first-order chi connectivity index (χ1) is 7.33. The standard InChI is InChI=1S/C11H6N2O2/c14-6-12-10-2-1-8-3-11(13-7-15)5-9(8)4-10/h1-2,4-5H,3H2. The predicted molar refractivity (Wildman–Crippen MR) is 54.0 cm³/mol. The van der Waals surface area contributed by atoms with Gasteiger partial charge in [0.05, 0.1) is 11.4 Å². The Kier molecular flexibility index (Phi) is 2.38. The third-order valence-corrected chi connectivity index (χ3v) is 2.19. The fraction of sp³-hybridized carbons (Fsp3) is 0.0909. The summed E-state index contributed by atoms with van der Waals surface area (Å²) < 4.78 is 0. The third-order valence-electron chi connectivity index (χ3n) is 2.19. The summed E-state index contributed by atoms with van der Waals surface area (Å²) in [4.78, 5) is 27.2. The number of aliphatic imine (C=N–C) groups is 2. The van der Waals surface area contributed by atoms with Crippen molar-refractivity contribution in [2.45, 2.75) is 6.42 Å². The Balaban J connectivity index is 2.42. The first-order valence-electron chi connectivity index (χ1n) is 4.33. The number of hydrogen-bond donors (Lipinski definition) is 0. The van der Waals surface area contributed by atoms with Crippen LogP contribution in [-0.2, 0) is 16.0 Å². The second kappa shape index (κ2) is 3.84. The van der Waals surface area contributed by atoms with E-state index >= 15 is 0 Å². The number of rotatable bonds is 2. The smallest absolute Gasteiger partial charge is 0.211 e. The Morgan fingerprint density at radius 1 is 1.13 bits per heavy atom. The van der Waals surface area contributed by atoms with Crippen molar-refractivity contribution in [3.63, 3.8) is 0 Å². The van der Waals surface area contributed by atoms with Gasteiger partial charge in [-0.15, -0.1) is 0 Å². The van der Waals surface area contributed by atoms with Gasteiger partial charge in [-0.3, -0.25) is 0 Å². The normalized spacial score (nSPS) is 12.1. The molecule has 0 saturated heterocycles. The van der Waals surface area contributed by atoms with Crippen LogP contribution in [0.4, 0.5) is 5.69 Å². The number of isocyanates is 2. The first kappa shape index (κ1) is 9.28. The van der Waals surface area contributed by atoms with E-state index in [4.69, 9.17) is 0 Å². The molecule has 1 aromatic carbocycles. The molecule has 0 radical (unpaired) electrons. The molecule has 0 N–H and O–H groups in total. The Bertz CT molecular complexity index is 534. The average Bonchev–Trinajstić information content (AvgIpc) is 2.60. The van der Waals surface area contributed by atoms with Crippen LogP contribution >= 0.6 is 0 Å². The lowest BCUT2D eigenvalue weighted by Crippen LogP contribution is -1.81. The summed E-state index contributed by atoms with van der Waals surface area (Å²) in [5, 5.41) is 0. The SMILES string of the molecule is O=C=NC1=Cc2cc(N=C=O)ccc2C1. The largest absolute Gasteiger partial charge is 0.240 e. The van der Waals surface area contributed by atoms with Gasteiger partial charge < -0.3 is 0 Å². The van der Waals surface area contributed by atoms with Crippen LogP contribution in [-0.4, -0.2) is 12.2 Å². The zero-order valence-corrected chi connectivity index (χ0v) is 7.73. The molecular formula is C11H6N2O2. The molecule has 0 aliphatic heterocycles. The van der Waals surface area contributed by atoms with Crippen LogP contribution < -0.4 is 0 Å². The maximum atomic E-state index is 10.1. The molecule has 1 aliphatic carbocycles. The number of allylic oxidation sites excluding steroid dienone is 1.